The molecule has 0 saturated heterocycles. The molecule has 0 rings (SSSR count). The summed E-state index contributed by atoms with van der Waals surface area (Å²) in [5, 5.41) is 2.92. The summed E-state index contributed by atoms with van der Waals surface area (Å²) in [6.07, 6.45) is 0.838. The van der Waals surface area contributed by atoms with E-state index in [1.54, 1.807) is 11.9 Å². The van der Waals surface area contributed by atoms with Crippen LogP contribution in [0.25, 0.3) is 0 Å². The van der Waals surface area contributed by atoms with Crippen LogP contribution >= 0.6 is 0 Å². The van der Waals surface area contributed by atoms with Crippen molar-refractivity contribution in [1.29, 1.82) is 0 Å². The van der Waals surface area contributed by atoms with Crippen LogP contribution in [0.1, 0.15) is 6.42 Å². The van der Waals surface area contributed by atoms with E-state index in [1.807, 2.05) is 7.05 Å². The van der Waals surface area contributed by atoms with Gasteiger partial charge in [0.05, 0.1) is 0 Å². The molecule has 0 atom stereocenters. The van der Waals surface area contributed by atoms with Crippen LogP contribution < -0.4 is 5.32 Å². The van der Waals surface area contributed by atoms with Gasteiger partial charge in [0.25, 0.3) is 0 Å². The summed E-state index contributed by atoms with van der Waals surface area (Å²) < 4.78 is 0. The van der Waals surface area contributed by atoms with Crippen molar-refractivity contribution in [3.05, 3.63) is 14.0 Å². The molecule has 0 saturated carbocycles. The predicted octanol–water partition coefficient (Wildman–Crippen LogP) is 0.507. The van der Waals surface area contributed by atoms with E-state index in [1.165, 1.54) is 0 Å². The van der Waals surface area contributed by atoms with Crippen LogP contribution in [0.3, 0.4) is 0 Å². The Labute approximate surface area is 94.5 Å². The van der Waals surface area contributed by atoms with Crippen molar-refractivity contribution in [2.75, 3.05) is 20.6 Å². The van der Waals surface area contributed by atoms with E-state index in [-0.39, 0.29) is 32.7 Å². The fourth-order valence-electron chi connectivity index (χ4n) is 0.708. The molecule has 0 heterocycles. The Hall–Kier alpha value is 0.374. The van der Waals surface area contributed by atoms with Gasteiger partial charge in [-0.1, -0.05) is 0 Å². The van der Waals surface area contributed by atoms with Gasteiger partial charge in [0.1, 0.15) is 0 Å². The molecule has 0 aliphatic heterocycles. The first kappa shape index (κ1) is 13.9. The molecule has 0 aromatic heterocycles. The second kappa shape index (κ2) is 8.47. The standard InChI is InChI=1S/C7H15N3.Y/c1-5-6-10(4)7(8-2)9-3;/h1,4-6H2,2-3H3,(H,8,9);/q-2;. The average molecular weight is 230 g/mol. The van der Waals surface area contributed by atoms with Crippen molar-refractivity contribution in [3.63, 3.8) is 0 Å². The third-order valence-electron chi connectivity index (χ3n) is 1.16. The first-order valence-electron chi connectivity index (χ1n) is 3.28. The van der Waals surface area contributed by atoms with Crippen molar-refractivity contribution >= 4 is 5.96 Å². The molecule has 4 heteroatoms. The number of hydrogen-bond donors (Lipinski definition) is 1. The van der Waals surface area contributed by atoms with Gasteiger partial charge in [0.15, 0.2) is 5.96 Å². The molecular formula is C7H15N3Y-2. The average Bonchev–Trinajstić information content (AvgIpc) is 1.91. The monoisotopic (exact) mass is 230 g/mol. The van der Waals surface area contributed by atoms with Gasteiger partial charge in [0.2, 0.25) is 0 Å². The first-order valence-corrected chi connectivity index (χ1v) is 3.28. The van der Waals surface area contributed by atoms with Crippen molar-refractivity contribution in [3.8, 4) is 0 Å². The molecule has 0 fully saturated rings. The zero-order valence-corrected chi connectivity index (χ0v) is 10.1. The molecular weight excluding hydrogens is 215 g/mol. The normalized spacial score (nSPS) is 10.4. The summed E-state index contributed by atoms with van der Waals surface area (Å²) in [5.74, 6) is 0.795. The number of guanidine groups is 1. The minimum Gasteiger partial charge on any atom is -0.498 e. The SMILES string of the molecule is [CH2-]CCN([CH2-])C(=NC)NC.[Y]. The molecule has 0 unspecified atom stereocenters. The van der Waals surface area contributed by atoms with E-state index < -0.39 is 0 Å². The summed E-state index contributed by atoms with van der Waals surface area (Å²) in [5.41, 5.74) is 0. The maximum absolute atomic E-state index is 3.97. The van der Waals surface area contributed by atoms with E-state index in [0.717, 1.165) is 18.9 Å². The van der Waals surface area contributed by atoms with Crippen LogP contribution in [-0.4, -0.2) is 31.5 Å². The zero-order chi connectivity index (χ0) is 7.98. The van der Waals surface area contributed by atoms with Crippen LogP contribution in [0.15, 0.2) is 4.99 Å². The Morgan fingerprint density at radius 2 is 2.18 bits per heavy atom. The smallest absolute Gasteiger partial charge is 0.162 e. The van der Waals surface area contributed by atoms with Crippen LogP contribution in [0.2, 0.25) is 0 Å². The van der Waals surface area contributed by atoms with Crippen LogP contribution in [0.4, 0.5) is 0 Å². The molecule has 1 N–H and O–H groups in total. The van der Waals surface area contributed by atoms with Crippen molar-refractivity contribution in [2.45, 2.75) is 6.42 Å². The molecule has 0 aliphatic rings. The Kier molecular flexibility index (Phi) is 10.7. The summed E-state index contributed by atoms with van der Waals surface area (Å²) >= 11 is 0. The summed E-state index contributed by atoms with van der Waals surface area (Å²) in [6.45, 7) is 4.54. The van der Waals surface area contributed by atoms with Crippen LogP contribution in [-0.2, 0) is 32.7 Å². The zero-order valence-electron chi connectivity index (χ0n) is 7.30. The molecule has 0 aromatic carbocycles. The molecule has 0 bridgehead atoms. The van der Waals surface area contributed by atoms with Gasteiger partial charge in [-0.2, -0.15) is 6.42 Å². The van der Waals surface area contributed by atoms with Crippen molar-refractivity contribution in [1.82, 2.24) is 10.2 Å². The van der Waals surface area contributed by atoms with Crippen LogP contribution in [0, 0.1) is 14.0 Å². The fourth-order valence-corrected chi connectivity index (χ4v) is 0.708. The molecule has 0 amide bonds. The first-order chi connectivity index (χ1) is 4.76. The van der Waals surface area contributed by atoms with E-state index in [2.05, 4.69) is 24.3 Å². The predicted molar refractivity (Wildman–Crippen MR) is 44.5 cm³/mol. The second-order valence-electron chi connectivity index (χ2n) is 1.91. The Bertz CT molecular complexity index is 114. The Balaban J connectivity index is 0. The molecule has 1 radical (unpaired) electrons. The third-order valence-corrected chi connectivity index (χ3v) is 1.16. The van der Waals surface area contributed by atoms with E-state index >= 15 is 0 Å². The van der Waals surface area contributed by atoms with Gasteiger partial charge in [-0.05, 0) is 6.54 Å². The number of nitrogens with one attached hydrogen (secondary N) is 1. The van der Waals surface area contributed by atoms with E-state index in [4.69, 9.17) is 0 Å². The maximum Gasteiger partial charge on any atom is 0.162 e. The van der Waals surface area contributed by atoms with Crippen molar-refractivity contribution in [2.24, 2.45) is 4.99 Å². The van der Waals surface area contributed by atoms with Crippen molar-refractivity contribution < 1.29 is 32.7 Å². The van der Waals surface area contributed by atoms with Gasteiger partial charge in [-0.15, -0.1) is 0 Å². The van der Waals surface area contributed by atoms with E-state index in [0.29, 0.717) is 0 Å². The summed E-state index contributed by atoms with van der Waals surface area (Å²) in [7, 11) is 7.32. The molecule has 0 aromatic rings. The minimum absolute atomic E-state index is 0. The second-order valence-corrected chi connectivity index (χ2v) is 1.91. The third kappa shape index (κ3) is 5.62. The van der Waals surface area contributed by atoms with Gasteiger partial charge in [0, 0.05) is 46.8 Å². The van der Waals surface area contributed by atoms with Gasteiger partial charge in [-0.3, -0.25) is 12.0 Å². The topological polar surface area (TPSA) is 27.6 Å². The molecule has 3 nitrogen and oxygen atoms in total. The molecule has 0 spiro atoms. The summed E-state index contributed by atoms with van der Waals surface area (Å²) in [6, 6.07) is 0. The molecule has 0 aliphatic carbocycles. The quantitative estimate of drug-likeness (QED) is 0.425. The molecule has 63 valence electrons. The minimum atomic E-state index is 0. The van der Waals surface area contributed by atoms with Gasteiger partial charge < -0.3 is 17.1 Å². The van der Waals surface area contributed by atoms with E-state index in [9.17, 15) is 0 Å². The Morgan fingerprint density at radius 1 is 1.64 bits per heavy atom. The summed E-state index contributed by atoms with van der Waals surface area (Å²) in [4.78, 5) is 5.75. The van der Waals surface area contributed by atoms with Crippen LogP contribution in [0.5, 0.6) is 0 Å². The van der Waals surface area contributed by atoms with Gasteiger partial charge in [-0.25, -0.2) is 0 Å². The number of hydrogen-bond acceptors (Lipinski definition) is 1. The number of rotatable bonds is 2. The largest absolute Gasteiger partial charge is 0.498 e. The number of aliphatic imine (C=N–C) groups is 1. The van der Waals surface area contributed by atoms with Gasteiger partial charge >= 0.3 is 0 Å². The maximum atomic E-state index is 3.97. The number of nitrogens with zero attached hydrogens (tertiary/aromatic N) is 2. The molecule has 11 heavy (non-hydrogen) atoms. The Morgan fingerprint density at radius 3 is 2.45 bits per heavy atom. The fraction of sp³-hybridized carbons (Fsp3) is 0.571.